The number of hydrogen-bond donors (Lipinski definition) is 0. The first-order valence-electron chi connectivity index (χ1n) is 11.1. The molecule has 0 unspecified atom stereocenters. The molecular formula is C24H40OS2. The van der Waals surface area contributed by atoms with Crippen molar-refractivity contribution in [1.29, 1.82) is 0 Å². The molecule has 6 atom stereocenters. The van der Waals surface area contributed by atoms with Crippen LogP contribution in [0.2, 0.25) is 0 Å². The van der Waals surface area contributed by atoms with E-state index in [0.717, 1.165) is 16.4 Å². The van der Waals surface area contributed by atoms with Crippen molar-refractivity contribution in [3.63, 3.8) is 0 Å². The van der Waals surface area contributed by atoms with Crippen molar-refractivity contribution in [2.45, 2.75) is 77.7 Å². The summed E-state index contributed by atoms with van der Waals surface area (Å²) in [6, 6.07) is 0. The summed E-state index contributed by atoms with van der Waals surface area (Å²) in [6.45, 7) is 13.1. The SMILES string of the molecule is CO/C=C/[C@H]1[C@]2(C)CC[C@H]3C(C)(C)CCC[C@]3(C)[C@H]2C[C@]1(C)C1SCCS1. The molecule has 1 saturated heterocycles. The van der Waals surface area contributed by atoms with Crippen LogP contribution in [0.1, 0.15) is 73.1 Å². The zero-order chi connectivity index (χ0) is 19.5. The van der Waals surface area contributed by atoms with Gasteiger partial charge in [-0.05, 0) is 77.6 Å². The minimum absolute atomic E-state index is 0.389. The Hall–Kier alpha value is 0.240. The second kappa shape index (κ2) is 6.89. The molecule has 0 aromatic rings. The molecule has 0 radical (unpaired) electrons. The Balaban J connectivity index is 1.76. The summed E-state index contributed by atoms with van der Waals surface area (Å²) >= 11 is 4.47. The molecule has 4 fully saturated rings. The van der Waals surface area contributed by atoms with Crippen LogP contribution in [0.5, 0.6) is 0 Å². The van der Waals surface area contributed by atoms with E-state index in [2.05, 4.69) is 64.2 Å². The molecule has 3 heteroatoms. The smallest absolute Gasteiger partial charge is 0.0787 e. The van der Waals surface area contributed by atoms with E-state index >= 15 is 0 Å². The van der Waals surface area contributed by atoms with Crippen molar-refractivity contribution in [1.82, 2.24) is 0 Å². The highest BCUT2D eigenvalue weighted by molar-refractivity contribution is 8.20. The van der Waals surface area contributed by atoms with E-state index in [4.69, 9.17) is 4.74 Å². The van der Waals surface area contributed by atoms with E-state index in [0.29, 0.717) is 27.6 Å². The Morgan fingerprint density at radius 1 is 0.852 bits per heavy atom. The third-order valence-electron chi connectivity index (χ3n) is 9.47. The van der Waals surface area contributed by atoms with Crippen LogP contribution in [0.15, 0.2) is 12.3 Å². The maximum absolute atomic E-state index is 5.46. The van der Waals surface area contributed by atoms with Gasteiger partial charge in [0.25, 0.3) is 0 Å². The van der Waals surface area contributed by atoms with Crippen molar-refractivity contribution in [3.05, 3.63) is 12.3 Å². The molecule has 0 N–H and O–H groups in total. The highest BCUT2D eigenvalue weighted by Gasteiger charge is 2.68. The summed E-state index contributed by atoms with van der Waals surface area (Å²) in [5, 5.41) is 0. The molecule has 0 spiro atoms. The van der Waals surface area contributed by atoms with Gasteiger partial charge in [0.15, 0.2) is 0 Å². The number of ether oxygens (including phenoxy) is 1. The Kier molecular flexibility index (Phi) is 5.24. The quantitative estimate of drug-likeness (QED) is 0.456. The fourth-order valence-corrected chi connectivity index (χ4v) is 11.8. The number of hydrogen-bond acceptors (Lipinski definition) is 3. The molecule has 3 saturated carbocycles. The second-order valence-electron chi connectivity index (χ2n) is 11.3. The van der Waals surface area contributed by atoms with Gasteiger partial charge in [-0.1, -0.05) is 41.0 Å². The van der Waals surface area contributed by atoms with Gasteiger partial charge < -0.3 is 4.74 Å². The lowest BCUT2D eigenvalue weighted by atomic mass is 9.43. The van der Waals surface area contributed by atoms with Gasteiger partial charge in [-0.25, -0.2) is 0 Å². The zero-order valence-corrected chi connectivity index (χ0v) is 20.0. The number of thioether (sulfide) groups is 2. The summed E-state index contributed by atoms with van der Waals surface area (Å²) in [7, 11) is 1.81. The van der Waals surface area contributed by atoms with E-state index in [1.807, 2.05) is 13.4 Å². The van der Waals surface area contributed by atoms with Crippen LogP contribution in [0.25, 0.3) is 0 Å². The van der Waals surface area contributed by atoms with E-state index in [1.54, 1.807) is 0 Å². The van der Waals surface area contributed by atoms with Gasteiger partial charge >= 0.3 is 0 Å². The van der Waals surface area contributed by atoms with Crippen molar-refractivity contribution in [2.24, 2.45) is 39.4 Å². The molecule has 0 aromatic carbocycles. The number of allylic oxidation sites excluding steroid dienone is 1. The largest absolute Gasteiger partial charge is 0.505 e. The normalized spacial score (nSPS) is 49.9. The third-order valence-corrected chi connectivity index (χ3v) is 13.1. The summed E-state index contributed by atoms with van der Waals surface area (Å²) in [5.41, 5.74) is 1.84. The summed E-state index contributed by atoms with van der Waals surface area (Å²) in [4.78, 5) is 0. The number of fused-ring (bicyclic) bond motifs is 3. The Morgan fingerprint density at radius 3 is 2.22 bits per heavy atom. The molecule has 4 aliphatic rings. The fraction of sp³-hybridized carbons (Fsp3) is 0.917. The third kappa shape index (κ3) is 2.95. The van der Waals surface area contributed by atoms with Gasteiger partial charge in [0.05, 0.1) is 18.0 Å². The zero-order valence-electron chi connectivity index (χ0n) is 18.3. The highest BCUT2D eigenvalue weighted by Crippen LogP contribution is 2.75. The molecule has 3 aliphatic carbocycles. The van der Waals surface area contributed by atoms with Gasteiger partial charge in [0.2, 0.25) is 0 Å². The van der Waals surface area contributed by atoms with Crippen molar-refractivity contribution in [3.8, 4) is 0 Å². The first-order chi connectivity index (χ1) is 12.7. The van der Waals surface area contributed by atoms with Gasteiger partial charge in [0, 0.05) is 11.5 Å². The van der Waals surface area contributed by atoms with E-state index in [9.17, 15) is 0 Å². The number of rotatable bonds is 3. The van der Waals surface area contributed by atoms with Gasteiger partial charge in [-0.2, -0.15) is 0 Å². The monoisotopic (exact) mass is 408 g/mol. The van der Waals surface area contributed by atoms with Crippen LogP contribution in [0.4, 0.5) is 0 Å². The Morgan fingerprint density at radius 2 is 1.56 bits per heavy atom. The minimum atomic E-state index is 0.389. The van der Waals surface area contributed by atoms with Crippen LogP contribution in [0.3, 0.4) is 0 Å². The summed E-state index contributed by atoms with van der Waals surface area (Å²) in [6.07, 6.45) is 13.0. The van der Waals surface area contributed by atoms with Gasteiger partial charge in [0.1, 0.15) is 0 Å². The number of methoxy groups -OCH3 is 1. The fourth-order valence-electron chi connectivity index (χ4n) is 8.42. The Labute approximate surface area is 176 Å². The molecule has 0 bridgehead atoms. The first kappa shape index (κ1) is 20.5. The maximum atomic E-state index is 5.46. The lowest BCUT2D eigenvalue weighted by Gasteiger charge is -2.61. The van der Waals surface area contributed by atoms with Crippen LogP contribution in [-0.4, -0.2) is 23.2 Å². The molecule has 1 heterocycles. The lowest BCUT2D eigenvalue weighted by molar-refractivity contribution is -0.122. The molecule has 154 valence electrons. The van der Waals surface area contributed by atoms with E-state index in [-0.39, 0.29) is 0 Å². The summed E-state index contributed by atoms with van der Waals surface area (Å²) < 4.78 is 6.21. The first-order valence-corrected chi connectivity index (χ1v) is 13.2. The van der Waals surface area contributed by atoms with Crippen LogP contribution < -0.4 is 0 Å². The van der Waals surface area contributed by atoms with Crippen LogP contribution in [0, 0.1) is 39.4 Å². The van der Waals surface area contributed by atoms with Crippen molar-refractivity contribution in [2.75, 3.05) is 18.6 Å². The summed E-state index contributed by atoms with van der Waals surface area (Å²) in [5.74, 6) is 5.05. The second-order valence-corrected chi connectivity index (χ2v) is 14.0. The molecule has 1 nitrogen and oxygen atoms in total. The van der Waals surface area contributed by atoms with E-state index < -0.39 is 0 Å². The predicted molar refractivity (Wildman–Crippen MR) is 121 cm³/mol. The molecule has 4 rings (SSSR count). The molecule has 27 heavy (non-hydrogen) atoms. The van der Waals surface area contributed by atoms with Gasteiger partial charge in [-0.3, -0.25) is 0 Å². The molecule has 0 amide bonds. The predicted octanol–water partition coefficient (Wildman–Crippen LogP) is 7.23. The maximum Gasteiger partial charge on any atom is 0.0787 e. The van der Waals surface area contributed by atoms with Crippen LogP contribution in [-0.2, 0) is 4.74 Å². The average molecular weight is 409 g/mol. The lowest BCUT2D eigenvalue weighted by Crippen LogP contribution is -2.54. The van der Waals surface area contributed by atoms with Crippen molar-refractivity contribution < 1.29 is 4.74 Å². The van der Waals surface area contributed by atoms with E-state index in [1.165, 1.54) is 50.0 Å². The minimum Gasteiger partial charge on any atom is -0.505 e. The Bertz CT molecular complexity index is 595. The molecule has 1 aliphatic heterocycles. The average Bonchev–Trinajstić information content (AvgIpc) is 3.19. The van der Waals surface area contributed by atoms with Crippen LogP contribution >= 0.6 is 23.5 Å². The van der Waals surface area contributed by atoms with Gasteiger partial charge in [-0.15, -0.1) is 23.5 Å². The topological polar surface area (TPSA) is 9.23 Å². The highest BCUT2D eigenvalue weighted by atomic mass is 32.2. The molecular weight excluding hydrogens is 368 g/mol. The molecule has 0 aromatic heterocycles. The standard InChI is InChI=1S/C24H40OS2/c1-21(2)10-7-11-22(3)17(21)8-12-23(4)18(9-13-25-6)24(5,16-19(22)23)20-26-14-15-27-20/h9,13,17-20H,7-8,10-12,14-16H2,1-6H3/b13-9+/t17-,18-,19+,22-,23-,24-/m0/s1. The van der Waals surface area contributed by atoms with Crippen molar-refractivity contribution >= 4 is 23.5 Å².